The molecule has 0 saturated heterocycles. The first-order valence-electron chi connectivity index (χ1n) is 11.0. The minimum absolute atomic E-state index is 0.0971. The van der Waals surface area contributed by atoms with E-state index in [4.69, 9.17) is 9.15 Å². The van der Waals surface area contributed by atoms with E-state index in [9.17, 15) is 9.59 Å². The first-order valence-corrected chi connectivity index (χ1v) is 11.0. The van der Waals surface area contributed by atoms with Crippen molar-refractivity contribution in [2.24, 2.45) is 0 Å². The molecule has 0 radical (unpaired) electrons. The number of carbonyl (C=O) groups is 2. The Labute approximate surface area is 198 Å². The number of carbonyl (C=O) groups excluding carboxylic acids is 2. The predicted molar refractivity (Wildman–Crippen MR) is 132 cm³/mol. The summed E-state index contributed by atoms with van der Waals surface area (Å²) in [6.45, 7) is 2.34. The van der Waals surface area contributed by atoms with Crippen LogP contribution in [-0.2, 0) is 17.8 Å². The minimum Gasteiger partial charge on any atom is -0.497 e. The zero-order valence-electron chi connectivity index (χ0n) is 19.2. The van der Waals surface area contributed by atoms with Gasteiger partial charge < -0.3 is 19.4 Å². The highest BCUT2D eigenvalue weighted by molar-refractivity contribution is 6.04. The number of methoxy groups -OCH3 is 1. The molecule has 0 aliphatic carbocycles. The molecule has 6 heteroatoms. The molecule has 0 aliphatic rings. The predicted octanol–water partition coefficient (Wildman–Crippen LogP) is 5.62. The number of amides is 2. The zero-order chi connectivity index (χ0) is 23.9. The van der Waals surface area contributed by atoms with Gasteiger partial charge in [0, 0.05) is 11.4 Å². The molecule has 34 heavy (non-hydrogen) atoms. The average molecular weight is 455 g/mol. The standard InChI is InChI=1S/C28H26N2O4/c1-20-5-3-6-23(17-20)29-27(31)18-21-8-12-24(13-9-21)30(28(32)26-7-4-16-34-26)19-22-10-14-25(33-2)15-11-22/h3-17H,18-19H2,1-2H3,(H,29,31). The number of nitrogens with one attached hydrogen (secondary N) is 1. The van der Waals surface area contributed by atoms with Gasteiger partial charge in [0.25, 0.3) is 5.91 Å². The fourth-order valence-electron chi connectivity index (χ4n) is 3.63. The number of hydrogen-bond acceptors (Lipinski definition) is 4. The van der Waals surface area contributed by atoms with E-state index in [1.54, 1.807) is 24.1 Å². The fraction of sp³-hybridized carbons (Fsp3) is 0.143. The summed E-state index contributed by atoms with van der Waals surface area (Å²) in [6, 6.07) is 26.0. The molecule has 172 valence electrons. The van der Waals surface area contributed by atoms with Gasteiger partial charge in [-0.15, -0.1) is 0 Å². The van der Waals surface area contributed by atoms with Crippen molar-refractivity contribution >= 4 is 23.2 Å². The summed E-state index contributed by atoms with van der Waals surface area (Å²) in [4.78, 5) is 27.3. The molecule has 0 unspecified atom stereocenters. The Bertz CT molecular complexity index is 1250. The van der Waals surface area contributed by atoms with Crippen LogP contribution in [0.15, 0.2) is 95.6 Å². The van der Waals surface area contributed by atoms with Gasteiger partial charge in [0.05, 0.1) is 26.3 Å². The molecule has 4 aromatic rings. The summed E-state index contributed by atoms with van der Waals surface area (Å²) >= 11 is 0. The molecule has 1 aromatic heterocycles. The van der Waals surface area contributed by atoms with E-state index in [0.29, 0.717) is 12.2 Å². The van der Waals surface area contributed by atoms with E-state index in [-0.39, 0.29) is 24.0 Å². The summed E-state index contributed by atoms with van der Waals surface area (Å²) in [7, 11) is 1.62. The van der Waals surface area contributed by atoms with Crippen molar-refractivity contribution < 1.29 is 18.7 Å². The van der Waals surface area contributed by atoms with Crippen LogP contribution in [0.3, 0.4) is 0 Å². The van der Waals surface area contributed by atoms with Crippen LogP contribution in [0.25, 0.3) is 0 Å². The van der Waals surface area contributed by atoms with E-state index in [0.717, 1.165) is 28.1 Å². The molecule has 0 aliphatic heterocycles. The summed E-state index contributed by atoms with van der Waals surface area (Å²) in [5.41, 5.74) is 4.36. The number of furan rings is 1. The quantitative estimate of drug-likeness (QED) is 0.375. The Morgan fingerprint density at radius 2 is 1.65 bits per heavy atom. The number of ether oxygens (including phenoxy) is 1. The molecule has 1 heterocycles. The minimum atomic E-state index is -0.245. The summed E-state index contributed by atoms with van der Waals surface area (Å²) in [5, 5.41) is 2.92. The number of aryl methyl sites for hydroxylation is 1. The Morgan fingerprint density at radius 3 is 2.29 bits per heavy atom. The van der Waals surface area contributed by atoms with Crippen molar-refractivity contribution in [1.82, 2.24) is 0 Å². The van der Waals surface area contributed by atoms with Gasteiger partial charge in [-0.3, -0.25) is 9.59 Å². The topological polar surface area (TPSA) is 71.8 Å². The maximum atomic E-state index is 13.2. The second-order valence-electron chi connectivity index (χ2n) is 7.98. The molecular weight excluding hydrogens is 428 g/mol. The fourth-order valence-corrected chi connectivity index (χ4v) is 3.63. The molecule has 6 nitrogen and oxygen atoms in total. The van der Waals surface area contributed by atoms with Crippen LogP contribution in [-0.4, -0.2) is 18.9 Å². The second-order valence-corrected chi connectivity index (χ2v) is 7.98. The van der Waals surface area contributed by atoms with Gasteiger partial charge in [0.15, 0.2) is 5.76 Å². The lowest BCUT2D eigenvalue weighted by atomic mass is 10.1. The zero-order valence-corrected chi connectivity index (χ0v) is 19.2. The number of nitrogens with zero attached hydrogens (tertiary/aromatic N) is 1. The highest BCUT2D eigenvalue weighted by atomic mass is 16.5. The molecule has 2 amide bonds. The number of anilines is 2. The third-order valence-electron chi connectivity index (χ3n) is 5.39. The number of benzene rings is 3. The van der Waals surface area contributed by atoms with Gasteiger partial charge in [-0.1, -0.05) is 36.4 Å². The van der Waals surface area contributed by atoms with Crippen LogP contribution in [0.4, 0.5) is 11.4 Å². The number of hydrogen-bond donors (Lipinski definition) is 1. The lowest BCUT2D eigenvalue weighted by molar-refractivity contribution is -0.115. The third kappa shape index (κ3) is 5.72. The molecule has 0 fully saturated rings. The molecule has 3 aromatic carbocycles. The van der Waals surface area contributed by atoms with E-state index < -0.39 is 0 Å². The molecule has 0 spiro atoms. The van der Waals surface area contributed by atoms with Crippen molar-refractivity contribution in [2.45, 2.75) is 19.9 Å². The first kappa shape index (κ1) is 22.9. The SMILES string of the molecule is COc1ccc(CN(C(=O)c2ccco2)c2ccc(CC(=O)Nc3cccc(C)c3)cc2)cc1. The Kier molecular flexibility index (Phi) is 7.08. The largest absolute Gasteiger partial charge is 0.497 e. The van der Waals surface area contributed by atoms with E-state index in [1.165, 1.54) is 6.26 Å². The van der Waals surface area contributed by atoms with E-state index in [1.807, 2.05) is 79.7 Å². The normalized spacial score (nSPS) is 10.5. The maximum Gasteiger partial charge on any atom is 0.294 e. The van der Waals surface area contributed by atoms with Crippen LogP contribution in [0.5, 0.6) is 5.75 Å². The summed E-state index contributed by atoms with van der Waals surface area (Å²) < 4.78 is 10.6. The van der Waals surface area contributed by atoms with Gasteiger partial charge in [-0.2, -0.15) is 0 Å². The van der Waals surface area contributed by atoms with Gasteiger partial charge in [-0.25, -0.2) is 0 Å². The lowest BCUT2D eigenvalue weighted by Gasteiger charge is -2.22. The lowest BCUT2D eigenvalue weighted by Crippen LogP contribution is -2.30. The third-order valence-corrected chi connectivity index (χ3v) is 5.39. The molecular formula is C28H26N2O4. The maximum absolute atomic E-state index is 13.2. The summed E-state index contributed by atoms with van der Waals surface area (Å²) in [6.07, 6.45) is 1.72. The van der Waals surface area contributed by atoms with Gasteiger partial charge in [0.1, 0.15) is 5.75 Å². The highest BCUT2D eigenvalue weighted by Gasteiger charge is 2.21. The first-order chi connectivity index (χ1) is 16.5. The van der Waals surface area contributed by atoms with Crippen molar-refractivity contribution in [2.75, 3.05) is 17.3 Å². The van der Waals surface area contributed by atoms with Crippen LogP contribution >= 0.6 is 0 Å². The monoisotopic (exact) mass is 454 g/mol. The van der Waals surface area contributed by atoms with E-state index in [2.05, 4.69) is 5.32 Å². The highest BCUT2D eigenvalue weighted by Crippen LogP contribution is 2.23. The molecule has 4 rings (SSSR count). The number of rotatable bonds is 8. The Hall–Kier alpha value is -4.32. The second kappa shape index (κ2) is 10.5. The van der Waals surface area contributed by atoms with Gasteiger partial charge in [0.2, 0.25) is 5.91 Å². The molecule has 1 N–H and O–H groups in total. The van der Waals surface area contributed by atoms with Crippen molar-refractivity contribution in [3.8, 4) is 5.75 Å². The van der Waals surface area contributed by atoms with Crippen molar-refractivity contribution in [3.63, 3.8) is 0 Å². The summed E-state index contributed by atoms with van der Waals surface area (Å²) in [5.74, 6) is 0.668. The molecule has 0 saturated carbocycles. The Morgan fingerprint density at radius 1 is 0.912 bits per heavy atom. The van der Waals surface area contributed by atoms with Gasteiger partial charge in [-0.05, 0) is 72.1 Å². The van der Waals surface area contributed by atoms with Gasteiger partial charge >= 0.3 is 0 Å². The van der Waals surface area contributed by atoms with E-state index >= 15 is 0 Å². The van der Waals surface area contributed by atoms with Crippen LogP contribution in [0.2, 0.25) is 0 Å². The smallest absolute Gasteiger partial charge is 0.294 e. The van der Waals surface area contributed by atoms with Crippen molar-refractivity contribution in [3.05, 3.63) is 114 Å². The molecule has 0 bridgehead atoms. The van der Waals surface area contributed by atoms with Crippen LogP contribution in [0.1, 0.15) is 27.2 Å². The average Bonchev–Trinajstić information content (AvgIpc) is 3.38. The molecule has 0 atom stereocenters. The Balaban J connectivity index is 1.50. The van der Waals surface area contributed by atoms with Crippen molar-refractivity contribution in [1.29, 1.82) is 0 Å². The van der Waals surface area contributed by atoms with Crippen LogP contribution in [0, 0.1) is 6.92 Å². The van der Waals surface area contributed by atoms with Crippen LogP contribution < -0.4 is 15.0 Å².